The van der Waals surface area contributed by atoms with E-state index in [1.807, 2.05) is 36.4 Å². The number of amides is 2. The number of aromatic amines is 1. The predicted octanol–water partition coefficient (Wildman–Crippen LogP) is 2.69. The molecule has 2 unspecified atom stereocenters. The van der Waals surface area contributed by atoms with Crippen molar-refractivity contribution in [1.82, 2.24) is 19.9 Å². The molecule has 0 saturated carbocycles. The van der Waals surface area contributed by atoms with Gasteiger partial charge in [0.1, 0.15) is 12.7 Å². The summed E-state index contributed by atoms with van der Waals surface area (Å²) in [5.74, 6) is -2.19. The number of H-pyrrole nitrogens is 1. The fourth-order valence-corrected chi connectivity index (χ4v) is 5.54. The molecular formula is C29H30ClN5O5. The number of rotatable bonds is 9. The Balaban J connectivity index is 1.23. The van der Waals surface area contributed by atoms with Gasteiger partial charge in [0.2, 0.25) is 11.8 Å². The molecule has 3 aromatic rings. The third kappa shape index (κ3) is 6.25. The first kappa shape index (κ1) is 27.6. The first-order valence-corrected chi connectivity index (χ1v) is 13.4. The van der Waals surface area contributed by atoms with Crippen LogP contribution in [-0.4, -0.2) is 70.6 Å². The Morgan fingerprint density at radius 3 is 2.23 bits per heavy atom. The van der Waals surface area contributed by atoms with Crippen LogP contribution in [0.2, 0.25) is 0 Å². The van der Waals surface area contributed by atoms with Gasteiger partial charge in [-0.2, -0.15) is 0 Å². The van der Waals surface area contributed by atoms with Crippen LogP contribution in [0.5, 0.6) is 0 Å². The molecule has 5 rings (SSSR count). The highest BCUT2D eigenvalue weighted by Crippen LogP contribution is 2.35. The lowest BCUT2D eigenvalue weighted by atomic mass is 9.85. The summed E-state index contributed by atoms with van der Waals surface area (Å²) in [6, 6.07) is 20.7. The summed E-state index contributed by atoms with van der Waals surface area (Å²) in [4.78, 5) is 43.6. The minimum Gasteiger partial charge on any atom is -0.367 e. The second-order valence-electron chi connectivity index (χ2n) is 9.75. The van der Waals surface area contributed by atoms with Gasteiger partial charge >= 0.3 is 5.76 Å². The monoisotopic (exact) mass is 563 g/mol. The number of hydrogen-bond donors (Lipinski definition) is 2. The standard InChI is InChI=1S/C29H30ClN5O5/c30-21-11-12-22(23(17-21)28-32-29(38)40-33-28)26(27(31)37)39-18-24(36)34-13-15-35(16-14-34)25(19-7-3-1-4-8-19)20-9-5-2-6-10-20/h1-11,17,22,25-26H,12-16,18H2,(H2,31,37)(H,32,33,38). The Kier molecular flexibility index (Phi) is 8.59. The lowest BCUT2D eigenvalue weighted by molar-refractivity contribution is -0.145. The molecule has 0 spiro atoms. The summed E-state index contributed by atoms with van der Waals surface area (Å²) in [6.07, 6.45) is 2.45. The number of carbonyl (C=O) groups excluding carboxylic acids is 2. The Morgan fingerprint density at radius 1 is 1.05 bits per heavy atom. The molecule has 208 valence electrons. The molecule has 1 fully saturated rings. The van der Waals surface area contributed by atoms with E-state index >= 15 is 0 Å². The Hall–Kier alpha value is -3.99. The van der Waals surface area contributed by atoms with Crippen LogP contribution in [0.4, 0.5) is 0 Å². The minimum absolute atomic E-state index is 0.0782. The van der Waals surface area contributed by atoms with Gasteiger partial charge in [-0.1, -0.05) is 83.5 Å². The van der Waals surface area contributed by atoms with Gasteiger partial charge < -0.3 is 15.4 Å². The number of carbonyl (C=O) groups is 2. The summed E-state index contributed by atoms with van der Waals surface area (Å²) in [5, 5.41) is 4.13. The fourth-order valence-electron chi connectivity index (χ4n) is 5.33. The molecular weight excluding hydrogens is 534 g/mol. The van der Waals surface area contributed by atoms with Crippen molar-refractivity contribution in [2.75, 3.05) is 32.8 Å². The van der Waals surface area contributed by atoms with Crippen LogP contribution >= 0.6 is 11.6 Å². The first-order valence-electron chi connectivity index (χ1n) is 13.1. The van der Waals surface area contributed by atoms with Crippen molar-refractivity contribution >= 4 is 29.0 Å². The molecule has 3 N–H and O–H groups in total. The lowest BCUT2D eigenvalue weighted by Gasteiger charge is -2.40. The third-order valence-electron chi connectivity index (χ3n) is 7.27. The van der Waals surface area contributed by atoms with Gasteiger partial charge in [-0.05, 0) is 23.6 Å². The SMILES string of the molecule is NC(=O)C(OCC(=O)N1CCN(C(c2ccccc2)c2ccccc2)CC1)C1CC=C(Cl)C=C1c1noc(=O)[nH]1. The van der Waals surface area contributed by atoms with E-state index in [1.54, 1.807) is 17.1 Å². The molecule has 1 saturated heterocycles. The molecule has 11 heteroatoms. The Bertz CT molecular complexity index is 1400. The number of nitrogens with two attached hydrogens (primary N) is 1. The van der Waals surface area contributed by atoms with E-state index in [0.717, 1.165) is 0 Å². The van der Waals surface area contributed by atoms with Crippen molar-refractivity contribution in [2.24, 2.45) is 11.7 Å². The van der Waals surface area contributed by atoms with Gasteiger partial charge in [-0.3, -0.25) is 24.0 Å². The second-order valence-corrected chi connectivity index (χ2v) is 10.2. The molecule has 2 aliphatic rings. The number of halogens is 1. The number of allylic oxidation sites excluding steroid dienone is 3. The summed E-state index contributed by atoms with van der Waals surface area (Å²) in [5.41, 5.74) is 8.51. The quantitative estimate of drug-likeness (QED) is 0.409. The van der Waals surface area contributed by atoms with E-state index < -0.39 is 23.7 Å². The number of benzene rings is 2. The molecule has 2 atom stereocenters. The number of hydrogen-bond acceptors (Lipinski definition) is 7. The summed E-state index contributed by atoms with van der Waals surface area (Å²) < 4.78 is 10.4. The number of nitrogens with zero attached hydrogens (tertiary/aromatic N) is 3. The Labute approximate surface area is 236 Å². The van der Waals surface area contributed by atoms with E-state index in [1.165, 1.54) is 11.1 Å². The molecule has 0 bridgehead atoms. The van der Waals surface area contributed by atoms with Crippen LogP contribution in [-0.2, 0) is 14.3 Å². The van der Waals surface area contributed by atoms with Gasteiger partial charge in [-0.15, -0.1) is 0 Å². The maximum absolute atomic E-state index is 13.1. The topological polar surface area (TPSA) is 135 Å². The molecule has 1 aliphatic heterocycles. The average molecular weight is 564 g/mol. The zero-order chi connectivity index (χ0) is 28.1. The number of nitrogens with one attached hydrogen (secondary N) is 1. The molecule has 40 heavy (non-hydrogen) atoms. The van der Waals surface area contributed by atoms with Gasteiger partial charge in [0, 0.05) is 42.7 Å². The molecule has 1 aromatic heterocycles. The van der Waals surface area contributed by atoms with Crippen LogP contribution in [0.3, 0.4) is 0 Å². The molecule has 2 amide bonds. The smallest absolute Gasteiger partial charge is 0.367 e. The summed E-state index contributed by atoms with van der Waals surface area (Å²) in [6.45, 7) is 2.08. The van der Waals surface area contributed by atoms with Crippen LogP contribution in [0, 0.1) is 5.92 Å². The lowest BCUT2D eigenvalue weighted by Crippen LogP contribution is -2.51. The van der Waals surface area contributed by atoms with Crippen molar-refractivity contribution in [1.29, 1.82) is 0 Å². The molecule has 2 heterocycles. The number of aromatic nitrogens is 2. The highest BCUT2D eigenvalue weighted by Gasteiger charge is 2.35. The number of primary amides is 1. The molecule has 10 nitrogen and oxygen atoms in total. The van der Waals surface area contributed by atoms with Crippen LogP contribution in [0.15, 0.2) is 87.2 Å². The van der Waals surface area contributed by atoms with Crippen LogP contribution in [0.1, 0.15) is 29.4 Å². The highest BCUT2D eigenvalue weighted by atomic mass is 35.5. The molecule has 2 aromatic carbocycles. The number of ether oxygens (including phenoxy) is 1. The van der Waals surface area contributed by atoms with E-state index in [9.17, 15) is 14.4 Å². The Morgan fingerprint density at radius 2 is 1.68 bits per heavy atom. The van der Waals surface area contributed by atoms with Gasteiger partial charge in [-0.25, -0.2) is 4.79 Å². The highest BCUT2D eigenvalue weighted by molar-refractivity contribution is 6.31. The van der Waals surface area contributed by atoms with E-state index in [-0.39, 0.29) is 24.4 Å². The van der Waals surface area contributed by atoms with Crippen molar-refractivity contribution in [3.05, 3.63) is 105 Å². The number of piperazine rings is 1. The predicted molar refractivity (Wildman–Crippen MR) is 149 cm³/mol. The maximum Gasteiger partial charge on any atom is 0.439 e. The summed E-state index contributed by atoms with van der Waals surface area (Å²) in [7, 11) is 0. The van der Waals surface area contributed by atoms with Crippen molar-refractivity contribution in [3.8, 4) is 0 Å². The van der Waals surface area contributed by atoms with Gasteiger partial charge in [0.05, 0.1) is 6.04 Å². The minimum atomic E-state index is -1.14. The first-order chi connectivity index (χ1) is 19.4. The summed E-state index contributed by atoms with van der Waals surface area (Å²) >= 11 is 6.17. The van der Waals surface area contributed by atoms with Gasteiger partial charge in [0.15, 0.2) is 5.82 Å². The largest absolute Gasteiger partial charge is 0.439 e. The van der Waals surface area contributed by atoms with E-state index in [0.29, 0.717) is 43.2 Å². The normalized spacial score (nSPS) is 18.8. The zero-order valence-electron chi connectivity index (χ0n) is 21.7. The fraction of sp³-hybridized carbons (Fsp3) is 0.310. The van der Waals surface area contributed by atoms with Crippen LogP contribution < -0.4 is 11.5 Å². The third-order valence-corrected chi connectivity index (χ3v) is 7.53. The van der Waals surface area contributed by atoms with E-state index in [2.05, 4.69) is 43.8 Å². The van der Waals surface area contributed by atoms with Crippen molar-refractivity contribution in [3.63, 3.8) is 0 Å². The zero-order valence-corrected chi connectivity index (χ0v) is 22.5. The molecule has 0 radical (unpaired) electrons. The van der Waals surface area contributed by atoms with Gasteiger partial charge in [0.25, 0.3) is 0 Å². The van der Waals surface area contributed by atoms with E-state index in [4.69, 9.17) is 22.1 Å². The van der Waals surface area contributed by atoms with Crippen molar-refractivity contribution < 1.29 is 18.8 Å². The molecule has 1 aliphatic carbocycles. The maximum atomic E-state index is 13.1. The van der Waals surface area contributed by atoms with Crippen LogP contribution in [0.25, 0.3) is 5.57 Å². The average Bonchev–Trinajstić information content (AvgIpc) is 3.41. The second kappa shape index (κ2) is 12.5. The van der Waals surface area contributed by atoms with Crippen molar-refractivity contribution in [2.45, 2.75) is 18.6 Å².